The largest absolute Gasteiger partial charge is 0.480 e. The molecule has 0 aromatic carbocycles. The third-order valence-electron chi connectivity index (χ3n) is 4.80. The number of hydrogen-bond donors (Lipinski definition) is 1. The van der Waals surface area contributed by atoms with E-state index in [-0.39, 0.29) is 12.0 Å². The van der Waals surface area contributed by atoms with Gasteiger partial charge in [-0.25, -0.2) is 0 Å². The molecular formula is C20H38O4. The van der Waals surface area contributed by atoms with Crippen LogP contribution >= 0.6 is 0 Å². The van der Waals surface area contributed by atoms with E-state index in [1.807, 2.05) is 20.8 Å². The van der Waals surface area contributed by atoms with Gasteiger partial charge in [-0.3, -0.25) is 9.59 Å². The summed E-state index contributed by atoms with van der Waals surface area (Å²) in [5.41, 5.74) is -1.43. The highest BCUT2D eigenvalue weighted by molar-refractivity contribution is 5.99. The number of carbonyl (C=O) groups excluding carboxylic acids is 1. The second-order valence-corrected chi connectivity index (χ2v) is 8.26. The molecule has 4 heteroatoms. The van der Waals surface area contributed by atoms with Gasteiger partial charge >= 0.3 is 11.9 Å². The zero-order valence-corrected chi connectivity index (χ0v) is 16.7. The van der Waals surface area contributed by atoms with E-state index in [4.69, 9.17) is 4.74 Å². The minimum absolute atomic E-state index is 0.235. The average Bonchev–Trinajstić information content (AvgIpc) is 2.42. The summed E-state index contributed by atoms with van der Waals surface area (Å²) in [4.78, 5) is 24.6. The maximum Gasteiger partial charge on any atom is 0.324 e. The Morgan fingerprint density at radius 1 is 0.875 bits per heavy atom. The molecule has 0 saturated carbocycles. The fraction of sp³-hybridized carbons (Fsp3) is 0.900. The fourth-order valence-corrected chi connectivity index (χ4v) is 2.92. The summed E-state index contributed by atoms with van der Waals surface area (Å²) in [6.45, 7) is 13.9. The summed E-state index contributed by atoms with van der Waals surface area (Å²) in [5.74, 6) is -0.894. The second kappa shape index (κ2) is 10.7. The highest BCUT2D eigenvalue weighted by Gasteiger charge is 2.50. The van der Waals surface area contributed by atoms with E-state index in [2.05, 4.69) is 13.8 Å². The Morgan fingerprint density at radius 2 is 1.38 bits per heavy atom. The van der Waals surface area contributed by atoms with E-state index < -0.39 is 17.4 Å². The molecule has 2 atom stereocenters. The number of carboxylic acids is 1. The Kier molecular flexibility index (Phi) is 10.3. The predicted molar refractivity (Wildman–Crippen MR) is 97.8 cm³/mol. The number of esters is 1. The number of unbranched alkanes of at least 4 members (excludes halogenated alkanes) is 1. The first-order valence-electron chi connectivity index (χ1n) is 9.48. The highest BCUT2D eigenvalue weighted by atomic mass is 16.5. The van der Waals surface area contributed by atoms with Gasteiger partial charge < -0.3 is 9.84 Å². The van der Waals surface area contributed by atoms with Crippen LogP contribution in [0.15, 0.2) is 0 Å². The minimum Gasteiger partial charge on any atom is -0.480 e. The molecule has 0 aromatic heterocycles. The Balaban J connectivity index is 4.83. The number of carbonyl (C=O) groups is 2. The summed E-state index contributed by atoms with van der Waals surface area (Å²) in [5, 5.41) is 9.76. The van der Waals surface area contributed by atoms with Crippen molar-refractivity contribution in [3.8, 4) is 0 Å². The maximum atomic E-state index is 12.7. The molecule has 0 fully saturated rings. The van der Waals surface area contributed by atoms with Crippen LogP contribution in [0.5, 0.6) is 0 Å². The molecule has 0 aliphatic heterocycles. The molecule has 0 saturated heterocycles. The summed E-state index contributed by atoms with van der Waals surface area (Å²) < 4.78 is 5.56. The SMILES string of the molecule is CC(C)CCCCC(C)OC(=O)C(CCC(C)C)(C(=O)O)C(C)C. The molecule has 1 N–H and O–H groups in total. The standard InChI is InChI=1S/C20H38O4/c1-14(2)10-8-9-11-17(7)24-19(23)20(16(5)6,18(21)22)13-12-15(3)4/h14-17H,8-13H2,1-7H3,(H,21,22). The molecule has 0 aliphatic rings. The van der Waals surface area contributed by atoms with Crippen LogP contribution in [0.3, 0.4) is 0 Å². The van der Waals surface area contributed by atoms with Crippen molar-refractivity contribution in [2.75, 3.05) is 0 Å². The van der Waals surface area contributed by atoms with E-state index in [9.17, 15) is 14.7 Å². The fourth-order valence-electron chi connectivity index (χ4n) is 2.92. The molecule has 0 heterocycles. The van der Waals surface area contributed by atoms with Gasteiger partial charge in [0.05, 0.1) is 6.10 Å². The van der Waals surface area contributed by atoms with Crippen molar-refractivity contribution in [1.82, 2.24) is 0 Å². The molecular weight excluding hydrogens is 304 g/mol. The van der Waals surface area contributed by atoms with Gasteiger partial charge in [0.2, 0.25) is 0 Å². The van der Waals surface area contributed by atoms with Crippen LogP contribution in [0, 0.1) is 23.2 Å². The first kappa shape index (κ1) is 22.9. The topological polar surface area (TPSA) is 63.6 Å². The molecule has 4 nitrogen and oxygen atoms in total. The predicted octanol–water partition coefficient (Wildman–Crippen LogP) is 5.30. The Labute approximate surface area is 148 Å². The van der Waals surface area contributed by atoms with Gasteiger partial charge in [-0.05, 0) is 50.4 Å². The van der Waals surface area contributed by atoms with Gasteiger partial charge in [-0.15, -0.1) is 0 Å². The molecule has 0 aromatic rings. The lowest BCUT2D eigenvalue weighted by atomic mass is 9.72. The first-order chi connectivity index (χ1) is 11.0. The van der Waals surface area contributed by atoms with Crippen molar-refractivity contribution >= 4 is 11.9 Å². The van der Waals surface area contributed by atoms with Crippen molar-refractivity contribution in [1.29, 1.82) is 0 Å². The second-order valence-electron chi connectivity index (χ2n) is 8.26. The minimum atomic E-state index is -1.43. The molecule has 2 unspecified atom stereocenters. The third-order valence-corrected chi connectivity index (χ3v) is 4.80. The van der Waals surface area contributed by atoms with Crippen LogP contribution < -0.4 is 0 Å². The molecule has 0 radical (unpaired) electrons. The monoisotopic (exact) mass is 342 g/mol. The summed E-state index contributed by atoms with van der Waals surface area (Å²) in [7, 11) is 0. The molecule has 0 bridgehead atoms. The number of hydrogen-bond acceptors (Lipinski definition) is 3. The van der Waals surface area contributed by atoms with Crippen LogP contribution in [0.1, 0.15) is 87.0 Å². The van der Waals surface area contributed by atoms with E-state index in [0.717, 1.165) is 19.3 Å². The maximum absolute atomic E-state index is 12.7. The lowest BCUT2D eigenvalue weighted by Gasteiger charge is -2.32. The zero-order chi connectivity index (χ0) is 18.9. The molecule has 0 spiro atoms. The smallest absolute Gasteiger partial charge is 0.324 e. The van der Waals surface area contributed by atoms with Gasteiger partial charge in [0.25, 0.3) is 0 Å². The van der Waals surface area contributed by atoms with Gasteiger partial charge in [0, 0.05) is 0 Å². The van der Waals surface area contributed by atoms with Crippen LogP contribution in [-0.4, -0.2) is 23.1 Å². The Bertz CT molecular complexity index is 387. The highest BCUT2D eigenvalue weighted by Crippen LogP contribution is 2.37. The molecule has 142 valence electrons. The van der Waals surface area contributed by atoms with Gasteiger partial charge in [-0.1, -0.05) is 54.4 Å². The van der Waals surface area contributed by atoms with E-state index in [0.29, 0.717) is 24.7 Å². The van der Waals surface area contributed by atoms with Crippen molar-refractivity contribution < 1.29 is 19.4 Å². The van der Waals surface area contributed by atoms with E-state index in [1.165, 1.54) is 6.42 Å². The van der Waals surface area contributed by atoms with E-state index >= 15 is 0 Å². The molecule has 0 rings (SSSR count). The summed E-state index contributed by atoms with van der Waals surface area (Å²) >= 11 is 0. The van der Waals surface area contributed by atoms with Crippen LogP contribution in [0.25, 0.3) is 0 Å². The van der Waals surface area contributed by atoms with Gasteiger partial charge in [0.1, 0.15) is 0 Å². The molecule has 0 amide bonds. The Hall–Kier alpha value is -1.06. The Morgan fingerprint density at radius 3 is 1.79 bits per heavy atom. The van der Waals surface area contributed by atoms with Crippen molar-refractivity contribution in [2.24, 2.45) is 23.2 Å². The lowest BCUT2D eigenvalue weighted by Crippen LogP contribution is -2.46. The van der Waals surface area contributed by atoms with Crippen molar-refractivity contribution in [3.63, 3.8) is 0 Å². The van der Waals surface area contributed by atoms with Crippen molar-refractivity contribution in [2.45, 2.75) is 93.1 Å². The average molecular weight is 343 g/mol. The number of ether oxygens (including phenoxy) is 1. The van der Waals surface area contributed by atoms with E-state index in [1.54, 1.807) is 13.8 Å². The summed E-state index contributed by atoms with van der Waals surface area (Å²) in [6.07, 6.45) is 4.86. The van der Waals surface area contributed by atoms with Crippen molar-refractivity contribution in [3.05, 3.63) is 0 Å². The number of rotatable bonds is 12. The summed E-state index contributed by atoms with van der Waals surface area (Å²) in [6, 6.07) is 0. The lowest BCUT2D eigenvalue weighted by molar-refractivity contribution is -0.177. The number of aliphatic carboxylic acids is 1. The number of carboxylic acid groups (broad SMARTS) is 1. The quantitative estimate of drug-likeness (QED) is 0.297. The van der Waals surface area contributed by atoms with Crippen LogP contribution in [0.4, 0.5) is 0 Å². The van der Waals surface area contributed by atoms with Gasteiger partial charge in [-0.2, -0.15) is 0 Å². The molecule has 24 heavy (non-hydrogen) atoms. The normalized spacial score (nSPS) is 15.6. The van der Waals surface area contributed by atoms with Gasteiger partial charge in [0.15, 0.2) is 5.41 Å². The first-order valence-corrected chi connectivity index (χ1v) is 9.48. The third kappa shape index (κ3) is 7.23. The van der Waals surface area contributed by atoms with Crippen LogP contribution in [-0.2, 0) is 14.3 Å². The molecule has 0 aliphatic carbocycles. The zero-order valence-electron chi connectivity index (χ0n) is 16.7. The van der Waals surface area contributed by atoms with Crippen LogP contribution in [0.2, 0.25) is 0 Å².